The average molecular weight is 180 g/mol. The zero-order valence-corrected chi connectivity index (χ0v) is 7.73. The highest BCUT2D eigenvalue weighted by atomic mass is 16.6. The third-order valence-corrected chi connectivity index (χ3v) is 1.94. The smallest absolute Gasteiger partial charge is 0.109 e. The van der Waals surface area contributed by atoms with E-state index in [1.165, 1.54) is 0 Å². The average Bonchev–Trinajstić information content (AvgIpc) is 2.44. The van der Waals surface area contributed by atoms with Crippen molar-refractivity contribution in [3.8, 4) is 12.3 Å². The van der Waals surface area contributed by atoms with Crippen molar-refractivity contribution < 1.29 is 14.2 Å². The predicted molar refractivity (Wildman–Crippen MR) is 49.5 cm³/mol. The minimum absolute atomic E-state index is 0.0361. The summed E-state index contributed by atoms with van der Waals surface area (Å²) < 4.78 is 15.7. The fourth-order valence-corrected chi connectivity index (χ4v) is 1.39. The van der Waals surface area contributed by atoms with Crippen molar-refractivity contribution in [2.75, 3.05) is 20.3 Å². The Labute approximate surface area is 80.1 Å². The van der Waals surface area contributed by atoms with Crippen molar-refractivity contribution in [3.63, 3.8) is 0 Å². The monoisotopic (exact) mass is 180 g/mol. The van der Waals surface area contributed by atoms with E-state index in [2.05, 4.69) is 5.92 Å². The zero-order valence-electron chi connectivity index (χ0n) is 7.73. The summed E-state index contributed by atoms with van der Waals surface area (Å²) in [6, 6.07) is -0.261. The normalized spacial score (nSPS) is 33.1. The number of terminal acetylenes is 1. The highest BCUT2D eigenvalue weighted by Gasteiger charge is 2.32. The molecule has 1 saturated heterocycles. The Hall–Kier alpha value is -0.495. The maximum absolute atomic E-state index is 5.61. The summed E-state index contributed by atoms with van der Waals surface area (Å²) in [5.74, 6) is 2.41. The van der Waals surface area contributed by atoms with E-state index in [4.69, 9.17) is 28.5 Å². The molecule has 13 heavy (non-hydrogen) atoms. The van der Waals surface area contributed by atoms with Crippen molar-refractivity contribution in [1.29, 1.82) is 0 Å². The molecule has 0 bridgehead atoms. The predicted octanol–water partition coefficient (Wildman–Crippen LogP) is -0.0653. The first-order valence-corrected chi connectivity index (χ1v) is 4.23. The van der Waals surface area contributed by atoms with Crippen LogP contribution in [-0.4, -0.2) is 46.4 Å². The molecule has 0 aromatic rings. The highest BCUT2D eigenvalue weighted by Crippen LogP contribution is 2.21. The van der Waals surface area contributed by atoms with Crippen LogP contribution < -0.4 is 0 Å². The van der Waals surface area contributed by atoms with Crippen molar-refractivity contribution >= 4 is 7.85 Å². The molecule has 0 amide bonds. The van der Waals surface area contributed by atoms with Gasteiger partial charge in [-0.3, -0.25) is 0 Å². The Bertz CT molecular complexity index is 190. The fourth-order valence-electron chi connectivity index (χ4n) is 1.39. The first-order chi connectivity index (χ1) is 6.27. The van der Waals surface area contributed by atoms with Gasteiger partial charge in [-0.1, -0.05) is 5.92 Å². The largest absolute Gasteiger partial charge is 0.382 e. The molecule has 0 saturated carbocycles. The zero-order chi connectivity index (χ0) is 9.68. The number of methoxy groups -OCH3 is 1. The van der Waals surface area contributed by atoms with Crippen LogP contribution >= 0.6 is 0 Å². The second kappa shape index (κ2) is 5.28. The van der Waals surface area contributed by atoms with Gasteiger partial charge in [0.25, 0.3) is 0 Å². The van der Waals surface area contributed by atoms with Gasteiger partial charge in [0.05, 0.1) is 12.7 Å². The Morgan fingerprint density at radius 2 is 2.46 bits per heavy atom. The molecule has 3 nitrogen and oxygen atoms in total. The van der Waals surface area contributed by atoms with Crippen LogP contribution in [0.25, 0.3) is 0 Å². The summed E-state index contributed by atoms with van der Waals surface area (Å²) in [6.45, 7) is 0.782. The summed E-state index contributed by atoms with van der Waals surface area (Å²) in [7, 11) is 7.22. The van der Waals surface area contributed by atoms with Crippen LogP contribution in [0.4, 0.5) is 0 Å². The molecule has 4 heteroatoms. The molecule has 2 radical (unpaired) electrons. The van der Waals surface area contributed by atoms with E-state index in [0.717, 1.165) is 0 Å². The van der Waals surface area contributed by atoms with Gasteiger partial charge in [0.15, 0.2) is 0 Å². The first kappa shape index (κ1) is 10.6. The number of rotatable bonds is 4. The van der Waals surface area contributed by atoms with Gasteiger partial charge in [-0.15, -0.1) is 6.42 Å². The van der Waals surface area contributed by atoms with Crippen molar-refractivity contribution in [2.24, 2.45) is 0 Å². The molecule has 1 aliphatic heterocycles. The van der Waals surface area contributed by atoms with Gasteiger partial charge in [0.2, 0.25) is 0 Å². The lowest BCUT2D eigenvalue weighted by molar-refractivity contribution is -0.0384. The van der Waals surface area contributed by atoms with Crippen LogP contribution in [0.5, 0.6) is 0 Å². The van der Waals surface area contributed by atoms with Crippen molar-refractivity contribution in [3.05, 3.63) is 0 Å². The van der Waals surface area contributed by atoms with Crippen LogP contribution in [0.1, 0.15) is 6.42 Å². The molecule has 1 heterocycles. The third kappa shape index (κ3) is 3.04. The second-order valence-electron chi connectivity index (χ2n) is 2.96. The van der Waals surface area contributed by atoms with Gasteiger partial charge < -0.3 is 14.2 Å². The molecule has 1 aliphatic rings. The number of hydrogen-bond donors (Lipinski definition) is 0. The van der Waals surface area contributed by atoms with Gasteiger partial charge in [-0.05, 0) is 6.42 Å². The molecule has 0 aromatic carbocycles. The minimum atomic E-state index is -0.261. The SMILES string of the molecule is [B][C@H]1CC(OCC#C)[C@@H](COC)O1. The molecular weight excluding hydrogens is 167 g/mol. The van der Waals surface area contributed by atoms with E-state index in [0.29, 0.717) is 19.6 Å². The molecular formula is C9H13BO3. The molecule has 1 unspecified atom stereocenters. The molecule has 1 fully saturated rings. The lowest BCUT2D eigenvalue weighted by atomic mass is 9.96. The van der Waals surface area contributed by atoms with E-state index in [1.54, 1.807) is 7.11 Å². The van der Waals surface area contributed by atoms with E-state index in [-0.39, 0.29) is 18.2 Å². The van der Waals surface area contributed by atoms with Crippen LogP contribution in [-0.2, 0) is 14.2 Å². The molecule has 70 valence electrons. The second-order valence-corrected chi connectivity index (χ2v) is 2.96. The van der Waals surface area contributed by atoms with Gasteiger partial charge in [0, 0.05) is 13.1 Å². The highest BCUT2D eigenvalue weighted by molar-refractivity contribution is 6.11. The standard InChI is InChI=1S/C9H13BO3/c1-3-4-12-7-5-9(10)13-8(7)6-11-2/h1,7-9H,4-6H2,2H3/t7?,8-,9-/m1/s1. The van der Waals surface area contributed by atoms with Crippen molar-refractivity contribution in [2.45, 2.75) is 24.6 Å². The molecule has 0 spiro atoms. The van der Waals surface area contributed by atoms with Crippen LogP contribution in [0, 0.1) is 12.3 Å². The maximum Gasteiger partial charge on any atom is 0.109 e. The van der Waals surface area contributed by atoms with Crippen LogP contribution in [0.2, 0.25) is 0 Å². The van der Waals surface area contributed by atoms with E-state index in [9.17, 15) is 0 Å². The van der Waals surface area contributed by atoms with E-state index in [1.807, 2.05) is 0 Å². The minimum Gasteiger partial charge on any atom is -0.382 e. The lowest BCUT2D eigenvalue weighted by Crippen LogP contribution is -2.28. The van der Waals surface area contributed by atoms with Gasteiger partial charge >= 0.3 is 0 Å². The topological polar surface area (TPSA) is 27.7 Å². The van der Waals surface area contributed by atoms with Gasteiger partial charge in [-0.2, -0.15) is 0 Å². The summed E-state index contributed by atoms with van der Waals surface area (Å²) >= 11 is 0. The first-order valence-electron chi connectivity index (χ1n) is 4.23. The molecule has 0 aliphatic carbocycles. The van der Waals surface area contributed by atoms with Crippen LogP contribution in [0.3, 0.4) is 0 Å². The Morgan fingerprint density at radius 3 is 3.08 bits per heavy atom. The lowest BCUT2D eigenvalue weighted by Gasteiger charge is -2.16. The Balaban J connectivity index is 2.37. The maximum atomic E-state index is 5.61. The van der Waals surface area contributed by atoms with Gasteiger partial charge in [-0.25, -0.2) is 0 Å². The van der Waals surface area contributed by atoms with Crippen LogP contribution in [0.15, 0.2) is 0 Å². The summed E-state index contributed by atoms with van der Waals surface area (Å²) in [5.41, 5.74) is 0. The third-order valence-electron chi connectivity index (χ3n) is 1.94. The number of hydrogen-bond acceptors (Lipinski definition) is 3. The number of ether oxygens (including phenoxy) is 3. The Morgan fingerprint density at radius 1 is 1.69 bits per heavy atom. The van der Waals surface area contributed by atoms with E-state index >= 15 is 0 Å². The van der Waals surface area contributed by atoms with Gasteiger partial charge in [0.1, 0.15) is 20.6 Å². The Kier molecular flexibility index (Phi) is 4.30. The molecule has 0 aromatic heterocycles. The summed E-state index contributed by atoms with van der Waals surface area (Å²) in [6.07, 6.45) is 5.63. The molecule has 3 atom stereocenters. The summed E-state index contributed by atoms with van der Waals surface area (Å²) in [5, 5.41) is 0. The van der Waals surface area contributed by atoms with Crippen molar-refractivity contribution in [1.82, 2.24) is 0 Å². The van der Waals surface area contributed by atoms with E-state index < -0.39 is 0 Å². The fraction of sp³-hybridized carbons (Fsp3) is 0.778. The quantitative estimate of drug-likeness (QED) is 0.447. The molecule has 0 N–H and O–H groups in total. The molecule has 1 rings (SSSR count). The summed E-state index contributed by atoms with van der Waals surface area (Å²) in [4.78, 5) is 0.